The highest BCUT2D eigenvalue weighted by molar-refractivity contribution is 7.89. The van der Waals surface area contributed by atoms with Gasteiger partial charge in [-0.1, -0.05) is 17.7 Å². The average Bonchev–Trinajstić information content (AvgIpc) is 2.64. The molecule has 0 bridgehead atoms. The molecule has 0 spiro atoms. The number of anilines is 2. The van der Waals surface area contributed by atoms with E-state index in [-0.39, 0.29) is 4.90 Å². The second kappa shape index (κ2) is 9.01. The number of carbonyl (C=O) groups is 1. The molecule has 2 N–H and O–H groups in total. The quantitative estimate of drug-likeness (QED) is 0.727. The molecule has 0 aliphatic heterocycles. The summed E-state index contributed by atoms with van der Waals surface area (Å²) < 4.78 is 27.2. The van der Waals surface area contributed by atoms with Crippen LogP contribution in [-0.2, 0) is 14.8 Å². The summed E-state index contributed by atoms with van der Waals surface area (Å²) in [4.78, 5) is 14.7. The molecule has 6 nitrogen and oxygen atoms in total. The Kier molecular flexibility index (Phi) is 6.98. The Hall–Kier alpha value is -2.38. The van der Waals surface area contributed by atoms with Crippen molar-refractivity contribution in [2.75, 3.05) is 23.3 Å². The molecule has 2 rings (SSSR count). The number of nitrogens with zero attached hydrogens (tertiary/aromatic N) is 1. The maximum atomic E-state index is 12.4. The van der Waals surface area contributed by atoms with Crippen LogP contribution < -0.4 is 14.9 Å². The van der Waals surface area contributed by atoms with E-state index in [4.69, 9.17) is 0 Å². The zero-order valence-electron chi connectivity index (χ0n) is 16.2. The summed E-state index contributed by atoms with van der Waals surface area (Å²) >= 11 is 0. The zero-order valence-corrected chi connectivity index (χ0v) is 17.0. The highest BCUT2D eigenvalue weighted by Gasteiger charge is 2.22. The molecule has 0 unspecified atom stereocenters. The molecule has 0 aliphatic carbocycles. The molecule has 0 saturated carbocycles. The topological polar surface area (TPSA) is 78.5 Å². The first-order valence-electron chi connectivity index (χ1n) is 9.01. The van der Waals surface area contributed by atoms with Crippen LogP contribution in [0.4, 0.5) is 11.4 Å². The largest absolute Gasteiger partial charge is 0.372 e. The van der Waals surface area contributed by atoms with Gasteiger partial charge in [-0.3, -0.25) is 4.79 Å². The van der Waals surface area contributed by atoms with E-state index in [1.807, 2.05) is 31.2 Å². The van der Waals surface area contributed by atoms with Crippen molar-refractivity contribution in [1.29, 1.82) is 0 Å². The van der Waals surface area contributed by atoms with Crippen molar-refractivity contribution in [3.05, 3.63) is 54.1 Å². The normalized spacial score (nSPS) is 12.4. The summed E-state index contributed by atoms with van der Waals surface area (Å²) in [6, 6.07) is 13.1. The number of benzene rings is 2. The van der Waals surface area contributed by atoms with E-state index in [1.54, 1.807) is 12.1 Å². The summed E-state index contributed by atoms with van der Waals surface area (Å²) in [5.41, 5.74) is 2.66. The number of sulfonamides is 1. The third-order valence-electron chi connectivity index (χ3n) is 4.32. The molecule has 0 aliphatic rings. The van der Waals surface area contributed by atoms with Gasteiger partial charge in [-0.2, -0.15) is 4.72 Å². The van der Waals surface area contributed by atoms with Gasteiger partial charge < -0.3 is 10.2 Å². The lowest BCUT2D eigenvalue weighted by molar-refractivity contribution is -0.117. The Bertz CT molecular complexity index is 858. The van der Waals surface area contributed by atoms with E-state index in [1.165, 1.54) is 19.1 Å². The molecule has 2 aromatic carbocycles. The van der Waals surface area contributed by atoms with Crippen LogP contribution in [0.15, 0.2) is 53.4 Å². The van der Waals surface area contributed by atoms with Crippen LogP contribution in [0, 0.1) is 6.92 Å². The lowest BCUT2D eigenvalue weighted by atomic mass is 10.2. The second-order valence-electron chi connectivity index (χ2n) is 6.36. The Balaban J connectivity index is 2.02. The van der Waals surface area contributed by atoms with Gasteiger partial charge in [0, 0.05) is 24.5 Å². The van der Waals surface area contributed by atoms with E-state index in [0.717, 1.165) is 24.3 Å². The van der Waals surface area contributed by atoms with Crippen molar-refractivity contribution in [3.63, 3.8) is 0 Å². The van der Waals surface area contributed by atoms with Gasteiger partial charge in [0.25, 0.3) is 0 Å². The fourth-order valence-corrected chi connectivity index (χ4v) is 3.87. The van der Waals surface area contributed by atoms with Crippen LogP contribution in [-0.4, -0.2) is 33.5 Å². The smallest absolute Gasteiger partial charge is 0.242 e. The molecule has 146 valence electrons. The minimum atomic E-state index is -3.76. The van der Waals surface area contributed by atoms with E-state index in [9.17, 15) is 13.2 Å². The number of carbonyl (C=O) groups excluding carboxylic acids is 1. The summed E-state index contributed by atoms with van der Waals surface area (Å²) in [7, 11) is -3.76. The summed E-state index contributed by atoms with van der Waals surface area (Å²) in [5, 5.41) is 2.74. The van der Waals surface area contributed by atoms with Crippen LogP contribution in [0.2, 0.25) is 0 Å². The van der Waals surface area contributed by atoms with E-state index in [0.29, 0.717) is 5.69 Å². The highest BCUT2D eigenvalue weighted by atomic mass is 32.2. The fourth-order valence-electron chi connectivity index (χ4n) is 2.67. The average molecular weight is 390 g/mol. The Labute approximate surface area is 161 Å². The van der Waals surface area contributed by atoms with Crippen molar-refractivity contribution in [2.45, 2.75) is 38.6 Å². The Morgan fingerprint density at radius 3 is 2.07 bits per heavy atom. The first-order chi connectivity index (χ1) is 12.8. The van der Waals surface area contributed by atoms with Gasteiger partial charge in [0.2, 0.25) is 15.9 Å². The van der Waals surface area contributed by atoms with Gasteiger partial charge >= 0.3 is 0 Å². The standard InChI is InChI=1S/C20H27N3O3S/c1-5-23(6-2)18-11-9-17(10-12-18)21-20(24)16(4)22-27(25,26)19-13-7-15(3)8-14-19/h7-14,16,22H,5-6H2,1-4H3,(H,21,24)/t16-/m0/s1. The lowest BCUT2D eigenvalue weighted by Gasteiger charge is -2.21. The molecular weight excluding hydrogens is 362 g/mol. The Morgan fingerprint density at radius 2 is 1.56 bits per heavy atom. The van der Waals surface area contributed by atoms with Gasteiger partial charge in [0.1, 0.15) is 0 Å². The maximum Gasteiger partial charge on any atom is 0.242 e. The molecule has 2 aromatic rings. The molecular formula is C20H27N3O3S. The van der Waals surface area contributed by atoms with Gasteiger partial charge in [-0.05, 0) is 64.1 Å². The van der Waals surface area contributed by atoms with Crippen molar-refractivity contribution >= 4 is 27.3 Å². The van der Waals surface area contributed by atoms with Crippen LogP contribution >= 0.6 is 0 Å². The molecule has 0 fully saturated rings. The Morgan fingerprint density at radius 1 is 1.00 bits per heavy atom. The van der Waals surface area contributed by atoms with Crippen LogP contribution in [0.3, 0.4) is 0 Å². The van der Waals surface area contributed by atoms with Crippen molar-refractivity contribution in [3.8, 4) is 0 Å². The summed E-state index contributed by atoms with van der Waals surface area (Å²) in [6.07, 6.45) is 0. The summed E-state index contributed by atoms with van der Waals surface area (Å²) in [6.45, 7) is 9.37. The van der Waals surface area contributed by atoms with Crippen LogP contribution in [0.25, 0.3) is 0 Å². The number of amides is 1. The number of hydrogen-bond donors (Lipinski definition) is 2. The highest BCUT2D eigenvalue weighted by Crippen LogP contribution is 2.18. The number of nitrogens with one attached hydrogen (secondary N) is 2. The van der Waals surface area contributed by atoms with Gasteiger partial charge in [0.05, 0.1) is 10.9 Å². The minimum Gasteiger partial charge on any atom is -0.372 e. The third-order valence-corrected chi connectivity index (χ3v) is 5.88. The maximum absolute atomic E-state index is 12.4. The molecule has 0 aromatic heterocycles. The molecule has 27 heavy (non-hydrogen) atoms. The van der Waals surface area contributed by atoms with Gasteiger partial charge in [0.15, 0.2) is 0 Å². The van der Waals surface area contributed by atoms with Crippen molar-refractivity contribution in [2.24, 2.45) is 0 Å². The van der Waals surface area contributed by atoms with E-state index in [2.05, 4.69) is 28.8 Å². The van der Waals surface area contributed by atoms with Crippen LogP contribution in [0.5, 0.6) is 0 Å². The molecule has 0 saturated heterocycles. The molecule has 0 radical (unpaired) electrons. The van der Waals surface area contributed by atoms with Crippen LogP contribution in [0.1, 0.15) is 26.3 Å². The van der Waals surface area contributed by atoms with Gasteiger partial charge in [-0.25, -0.2) is 8.42 Å². The number of aryl methyl sites for hydroxylation is 1. The molecule has 1 atom stereocenters. The minimum absolute atomic E-state index is 0.135. The monoisotopic (exact) mass is 389 g/mol. The molecule has 0 heterocycles. The van der Waals surface area contributed by atoms with E-state index >= 15 is 0 Å². The van der Waals surface area contributed by atoms with Crippen molar-refractivity contribution < 1.29 is 13.2 Å². The molecule has 1 amide bonds. The first-order valence-corrected chi connectivity index (χ1v) is 10.5. The predicted molar refractivity (Wildman–Crippen MR) is 110 cm³/mol. The van der Waals surface area contributed by atoms with Gasteiger partial charge in [-0.15, -0.1) is 0 Å². The SMILES string of the molecule is CCN(CC)c1ccc(NC(=O)[C@H](C)NS(=O)(=O)c2ccc(C)cc2)cc1. The zero-order chi connectivity index (χ0) is 20.0. The first kappa shape index (κ1) is 20.9. The third kappa shape index (κ3) is 5.55. The fraction of sp³-hybridized carbons (Fsp3) is 0.350. The summed E-state index contributed by atoms with van der Waals surface area (Å²) in [5.74, 6) is -0.415. The molecule has 7 heteroatoms. The second-order valence-corrected chi connectivity index (χ2v) is 8.08. The lowest BCUT2D eigenvalue weighted by Crippen LogP contribution is -2.41. The van der Waals surface area contributed by atoms with Crippen molar-refractivity contribution in [1.82, 2.24) is 4.72 Å². The number of rotatable bonds is 8. The predicted octanol–water partition coefficient (Wildman–Crippen LogP) is 3.15. The van der Waals surface area contributed by atoms with E-state index < -0.39 is 22.0 Å². The number of hydrogen-bond acceptors (Lipinski definition) is 4.